The second-order valence-corrected chi connectivity index (χ2v) is 10.7. The summed E-state index contributed by atoms with van der Waals surface area (Å²) in [4.78, 5) is 16.9. The molecule has 5 nitrogen and oxygen atoms in total. The molecule has 1 aliphatic carbocycles. The van der Waals surface area contributed by atoms with E-state index >= 15 is 0 Å². The SMILES string of the molecule is CN(CC1CCC(Nc2ccc(N)c(C(F)(F)F)c2)CC1)C(=O)C1CCN(c2ccc(C(F)(F)F)cc2)CC1. The smallest absolute Gasteiger partial charge is 0.398 e. The van der Waals surface area contributed by atoms with Crippen LogP contribution in [0.5, 0.6) is 0 Å². The summed E-state index contributed by atoms with van der Waals surface area (Å²) < 4.78 is 77.9. The Balaban J connectivity index is 1.21. The lowest BCUT2D eigenvalue weighted by Crippen LogP contribution is -2.43. The third-order valence-electron chi connectivity index (χ3n) is 7.89. The van der Waals surface area contributed by atoms with E-state index < -0.39 is 23.5 Å². The summed E-state index contributed by atoms with van der Waals surface area (Å²) in [5, 5.41) is 3.20. The molecule has 4 rings (SSSR count). The Hall–Kier alpha value is -3.11. The van der Waals surface area contributed by atoms with Gasteiger partial charge in [0, 0.05) is 55.7 Å². The molecule has 0 unspecified atom stereocenters. The number of benzene rings is 2. The Morgan fingerprint density at radius 1 is 0.923 bits per heavy atom. The zero-order valence-electron chi connectivity index (χ0n) is 21.8. The predicted octanol–water partition coefficient (Wildman–Crippen LogP) is 6.65. The molecule has 1 saturated carbocycles. The van der Waals surface area contributed by atoms with E-state index in [2.05, 4.69) is 5.32 Å². The van der Waals surface area contributed by atoms with Crippen molar-refractivity contribution >= 4 is 23.0 Å². The van der Waals surface area contributed by atoms with Crippen molar-refractivity contribution < 1.29 is 31.1 Å². The number of carbonyl (C=O) groups excluding carboxylic acids is 1. The molecule has 0 bridgehead atoms. The van der Waals surface area contributed by atoms with Crippen molar-refractivity contribution in [3.63, 3.8) is 0 Å². The first-order chi connectivity index (χ1) is 18.3. The number of hydrogen-bond donors (Lipinski definition) is 2. The summed E-state index contributed by atoms with van der Waals surface area (Å²) in [5.41, 5.74) is 4.79. The fourth-order valence-electron chi connectivity index (χ4n) is 5.65. The molecule has 1 saturated heterocycles. The van der Waals surface area contributed by atoms with Crippen molar-refractivity contribution in [1.29, 1.82) is 0 Å². The first-order valence-corrected chi connectivity index (χ1v) is 13.2. The molecule has 214 valence electrons. The van der Waals surface area contributed by atoms with E-state index in [1.54, 1.807) is 11.0 Å². The van der Waals surface area contributed by atoms with Gasteiger partial charge >= 0.3 is 12.4 Å². The molecule has 39 heavy (non-hydrogen) atoms. The van der Waals surface area contributed by atoms with Gasteiger partial charge in [0.25, 0.3) is 0 Å². The first-order valence-electron chi connectivity index (χ1n) is 13.2. The topological polar surface area (TPSA) is 61.6 Å². The normalized spacial score (nSPS) is 21.1. The maximum absolute atomic E-state index is 13.1. The van der Waals surface area contributed by atoms with Crippen molar-refractivity contribution in [3.8, 4) is 0 Å². The monoisotopic (exact) mass is 556 g/mol. The molecule has 2 aromatic carbocycles. The minimum atomic E-state index is -4.50. The zero-order valence-corrected chi connectivity index (χ0v) is 21.8. The van der Waals surface area contributed by atoms with Crippen molar-refractivity contribution in [3.05, 3.63) is 53.6 Å². The largest absolute Gasteiger partial charge is 0.418 e. The van der Waals surface area contributed by atoms with E-state index in [1.165, 1.54) is 18.2 Å². The van der Waals surface area contributed by atoms with Crippen LogP contribution in [0.2, 0.25) is 0 Å². The number of anilines is 3. The van der Waals surface area contributed by atoms with Crippen molar-refractivity contribution in [2.45, 2.75) is 56.9 Å². The average molecular weight is 557 g/mol. The van der Waals surface area contributed by atoms with Gasteiger partial charge in [-0.2, -0.15) is 26.3 Å². The fraction of sp³-hybridized carbons (Fsp3) is 0.536. The molecule has 1 amide bonds. The van der Waals surface area contributed by atoms with Crippen LogP contribution in [0.15, 0.2) is 42.5 Å². The second-order valence-electron chi connectivity index (χ2n) is 10.7. The lowest BCUT2D eigenvalue weighted by Gasteiger charge is -2.36. The molecule has 2 aromatic rings. The van der Waals surface area contributed by atoms with Crippen LogP contribution >= 0.6 is 0 Å². The summed E-state index contributed by atoms with van der Waals surface area (Å²) in [7, 11) is 1.81. The standard InChI is InChI=1S/C28H34F6N4O/c1-37(26(39)19-12-14-38(15-13-19)23-9-4-20(5-10-23)27(29,30)31)17-18-2-6-21(7-3-18)36-22-8-11-25(35)24(16-22)28(32,33)34/h4-5,8-11,16,18-19,21,36H,2-3,6-7,12-15,17,35H2,1H3. The van der Waals surface area contributed by atoms with Gasteiger partial charge in [0.15, 0.2) is 0 Å². The first kappa shape index (κ1) is 28.9. The number of nitrogens with two attached hydrogens (primary N) is 1. The van der Waals surface area contributed by atoms with Crippen molar-refractivity contribution in [2.75, 3.05) is 42.6 Å². The number of rotatable bonds is 6. The molecule has 0 radical (unpaired) electrons. The van der Waals surface area contributed by atoms with Gasteiger partial charge in [0.05, 0.1) is 11.1 Å². The fourth-order valence-corrected chi connectivity index (χ4v) is 5.65. The number of piperidine rings is 1. The predicted molar refractivity (Wildman–Crippen MR) is 139 cm³/mol. The van der Waals surface area contributed by atoms with Gasteiger partial charge in [0.1, 0.15) is 0 Å². The van der Waals surface area contributed by atoms with Crippen LogP contribution in [0.25, 0.3) is 0 Å². The van der Waals surface area contributed by atoms with E-state index in [0.717, 1.165) is 49.6 Å². The van der Waals surface area contributed by atoms with E-state index in [9.17, 15) is 31.1 Å². The van der Waals surface area contributed by atoms with Crippen LogP contribution < -0.4 is 16.0 Å². The van der Waals surface area contributed by atoms with Gasteiger partial charge in [-0.15, -0.1) is 0 Å². The molecule has 2 fully saturated rings. The molecular formula is C28H34F6N4O. The molecule has 0 aromatic heterocycles. The summed E-state index contributed by atoms with van der Waals surface area (Å²) in [6.07, 6.45) is -4.27. The third kappa shape index (κ3) is 7.30. The van der Waals surface area contributed by atoms with Gasteiger partial charge in [-0.05, 0) is 86.9 Å². The van der Waals surface area contributed by atoms with E-state index in [0.29, 0.717) is 44.1 Å². The van der Waals surface area contributed by atoms with Crippen LogP contribution in [0.4, 0.5) is 43.4 Å². The summed E-state index contributed by atoms with van der Waals surface area (Å²) >= 11 is 0. The Labute approximate surface area is 224 Å². The zero-order chi connectivity index (χ0) is 28.4. The Bertz CT molecular complexity index is 1120. The number of nitrogen functional groups attached to an aromatic ring is 1. The maximum atomic E-state index is 13.1. The highest BCUT2D eigenvalue weighted by atomic mass is 19.4. The summed E-state index contributed by atoms with van der Waals surface area (Å²) in [6, 6.07) is 9.06. The maximum Gasteiger partial charge on any atom is 0.418 e. The molecule has 0 atom stereocenters. The number of nitrogens with zero attached hydrogens (tertiary/aromatic N) is 2. The quantitative estimate of drug-likeness (QED) is 0.309. The van der Waals surface area contributed by atoms with Gasteiger partial charge in [-0.25, -0.2) is 0 Å². The second kappa shape index (κ2) is 11.6. The van der Waals surface area contributed by atoms with E-state index in [-0.39, 0.29) is 23.6 Å². The highest BCUT2D eigenvalue weighted by Gasteiger charge is 2.34. The van der Waals surface area contributed by atoms with Gasteiger partial charge in [-0.3, -0.25) is 4.79 Å². The molecule has 3 N–H and O–H groups in total. The summed E-state index contributed by atoms with van der Waals surface area (Å²) in [6.45, 7) is 1.84. The number of carbonyl (C=O) groups is 1. The van der Waals surface area contributed by atoms with Gasteiger partial charge < -0.3 is 20.9 Å². The molecular weight excluding hydrogens is 522 g/mol. The lowest BCUT2D eigenvalue weighted by molar-refractivity contribution is -0.138. The average Bonchev–Trinajstić information content (AvgIpc) is 2.89. The number of alkyl halides is 6. The summed E-state index contributed by atoms with van der Waals surface area (Å²) in [5.74, 6) is 0.289. The molecule has 2 aliphatic rings. The van der Waals surface area contributed by atoms with Crippen LogP contribution in [0, 0.1) is 11.8 Å². The van der Waals surface area contributed by atoms with Crippen LogP contribution in [0.3, 0.4) is 0 Å². The molecule has 11 heteroatoms. The Morgan fingerprint density at radius 3 is 2.10 bits per heavy atom. The molecule has 0 spiro atoms. The number of amides is 1. The van der Waals surface area contributed by atoms with Gasteiger partial charge in [-0.1, -0.05) is 0 Å². The van der Waals surface area contributed by atoms with Crippen molar-refractivity contribution in [2.24, 2.45) is 11.8 Å². The highest BCUT2D eigenvalue weighted by molar-refractivity contribution is 5.79. The third-order valence-corrected chi connectivity index (χ3v) is 7.89. The minimum absolute atomic E-state index is 0.0569. The molecule has 1 aliphatic heterocycles. The number of hydrogen-bond acceptors (Lipinski definition) is 4. The van der Waals surface area contributed by atoms with Gasteiger partial charge in [0.2, 0.25) is 5.91 Å². The Kier molecular flexibility index (Phi) is 8.56. The van der Waals surface area contributed by atoms with Crippen LogP contribution in [-0.2, 0) is 17.1 Å². The van der Waals surface area contributed by atoms with Crippen molar-refractivity contribution in [1.82, 2.24) is 4.90 Å². The number of halogens is 6. The van der Waals surface area contributed by atoms with E-state index in [1.807, 2.05) is 11.9 Å². The molecule has 1 heterocycles. The Morgan fingerprint density at radius 2 is 1.54 bits per heavy atom. The van der Waals surface area contributed by atoms with E-state index in [4.69, 9.17) is 5.73 Å². The van der Waals surface area contributed by atoms with Crippen LogP contribution in [-0.4, -0.2) is 43.5 Å². The lowest BCUT2D eigenvalue weighted by atomic mass is 9.85. The number of nitrogens with one attached hydrogen (secondary N) is 1. The van der Waals surface area contributed by atoms with Crippen LogP contribution in [0.1, 0.15) is 49.7 Å². The highest BCUT2D eigenvalue weighted by Crippen LogP contribution is 2.36. The minimum Gasteiger partial charge on any atom is -0.398 e.